The van der Waals surface area contributed by atoms with E-state index in [1.54, 1.807) is 7.11 Å². The van der Waals surface area contributed by atoms with E-state index in [4.69, 9.17) is 9.47 Å². The van der Waals surface area contributed by atoms with Gasteiger partial charge in [-0.2, -0.15) is 0 Å². The summed E-state index contributed by atoms with van der Waals surface area (Å²) in [7, 11) is 1.70. The quantitative estimate of drug-likeness (QED) is 0.590. The first-order chi connectivity index (χ1) is 6.36. The standard InChI is InChI=1S/C10H17NO2/c1-3-4-5-11-6-7-13-10(8-11)9-12-2/h10H,5-9H2,1-2H3. The molecule has 0 bridgehead atoms. The van der Waals surface area contributed by atoms with Crippen LogP contribution in [0.1, 0.15) is 6.92 Å². The van der Waals surface area contributed by atoms with Crippen LogP contribution < -0.4 is 0 Å². The summed E-state index contributed by atoms with van der Waals surface area (Å²) < 4.78 is 10.6. The lowest BCUT2D eigenvalue weighted by molar-refractivity contribution is -0.0575. The maximum Gasteiger partial charge on any atom is 0.0935 e. The van der Waals surface area contributed by atoms with Gasteiger partial charge in [-0.1, -0.05) is 5.92 Å². The molecule has 1 saturated heterocycles. The van der Waals surface area contributed by atoms with Crippen molar-refractivity contribution in [2.75, 3.05) is 40.0 Å². The average Bonchev–Trinajstić information content (AvgIpc) is 2.16. The summed E-state index contributed by atoms with van der Waals surface area (Å²) in [6.45, 7) is 6.10. The number of ether oxygens (including phenoxy) is 2. The largest absolute Gasteiger partial charge is 0.382 e. The predicted octanol–water partition coefficient (Wildman–Crippen LogP) is 0.357. The van der Waals surface area contributed by atoms with Crippen LogP contribution in [-0.2, 0) is 9.47 Å². The molecule has 1 unspecified atom stereocenters. The highest BCUT2D eigenvalue weighted by Gasteiger charge is 2.18. The van der Waals surface area contributed by atoms with E-state index in [0.29, 0.717) is 6.61 Å². The van der Waals surface area contributed by atoms with Gasteiger partial charge in [0.1, 0.15) is 0 Å². The molecule has 1 aliphatic heterocycles. The zero-order valence-electron chi connectivity index (χ0n) is 8.38. The molecule has 0 aromatic rings. The van der Waals surface area contributed by atoms with Gasteiger partial charge in [0.05, 0.1) is 25.9 Å². The van der Waals surface area contributed by atoms with Crippen molar-refractivity contribution in [1.82, 2.24) is 4.90 Å². The Labute approximate surface area is 80.0 Å². The van der Waals surface area contributed by atoms with Gasteiger partial charge in [0.15, 0.2) is 0 Å². The summed E-state index contributed by atoms with van der Waals surface area (Å²) in [5.74, 6) is 5.96. The molecule has 3 heteroatoms. The molecule has 1 heterocycles. The molecule has 1 fully saturated rings. The van der Waals surface area contributed by atoms with Crippen LogP contribution in [-0.4, -0.2) is 51.0 Å². The SMILES string of the molecule is CC#CCN1CCOC(COC)C1. The van der Waals surface area contributed by atoms with Crippen molar-refractivity contribution in [3.05, 3.63) is 0 Å². The van der Waals surface area contributed by atoms with Gasteiger partial charge in [-0.05, 0) is 6.92 Å². The summed E-state index contributed by atoms with van der Waals surface area (Å²) in [5, 5.41) is 0. The van der Waals surface area contributed by atoms with Crippen molar-refractivity contribution >= 4 is 0 Å². The van der Waals surface area contributed by atoms with Crippen molar-refractivity contribution in [3.63, 3.8) is 0 Å². The van der Waals surface area contributed by atoms with Crippen molar-refractivity contribution < 1.29 is 9.47 Å². The molecule has 1 rings (SSSR count). The predicted molar refractivity (Wildman–Crippen MR) is 51.5 cm³/mol. The molecule has 0 N–H and O–H groups in total. The fourth-order valence-corrected chi connectivity index (χ4v) is 1.40. The van der Waals surface area contributed by atoms with Crippen molar-refractivity contribution in [2.24, 2.45) is 0 Å². The molecule has 0 aromatic heterocycles. The van der Waals surface area contributed by atoms with Crippen LogP contribution in [0.3, 0.4) is 0 Å². The first kappa shape index (κ1) is 10.5. The smallest absolute Gasteiger partial charge is 0.0935 e. The Morgan fingerprint density at radius 3 is 3.15 bits per heavy atom. The molecule has 3 nitrogen and oxygen atoms in total. The minimum Gasteiger partial charge on any atom is -0.382 e. The van der Waals surface area contributed by atoms with Crippen LogP contribution in [0.5, 0.6) is 0 Å². The number of hydrogen-bond acceptors (Lipinski definition) is 3. The van der Waals surface area contributed by atoms with Crippen LogP contribution in [0.15, 0.2) is 0 Å². The Morgan fingerprint density at radius 2 is 2.46 bits per heavy atom. The van der Waals surface area contributed by atoms with Crippen LogP contribution in [0.2, 0.25) is 0 Å². The van der Waals surface area contributed by atoms with E-state index >= 15 is 0 Å². The summed E-state index contributed by atoms with van der Waals surface area (Å²) in [4.78, 5) is 2.30. The summed E-state index contributed by atoms with van der Waals surface area (Å²) in [6, 6.07) is 0. The number of methoxy groups -OCH3 is 1. The highest BCUT2D eigenvalue weighted by atomic mass is 16.5. The first-order valence-corrected chi connectivity index (χ1v) is 4.59. The lowest BCUT2D eigenvalue weighted by Crippen LogP contribution is -2.44. The van der Waals surface area contributed by atoms with Crippen molar-refractivity contribution in [1.29, 1.82) is 0 Å². The van der Waals surface area contributed by atoms with E-state index in [-0.39, 0.29) is 6.10 Å². The molecule has 13 heavy (non-hydrogen) atoms. The Kier molecular flexibility index (Phi) is 4.84. The van der Waals surface area contributed by atoms with Gasteiger partial charge in [-0.15, -0.1) is 5.92 Å². The zero-order chi connectivity index (χ0) is 9.52. The minimum atomic E-state index is 0.220. The van der Waals surface area contributed by atoms with Gasteiger partial charge in [0, 0.05) is 20.2 Å². The van der Waals surface area contributed by atoms with Gasteiger partial charge in [0.25, 0.3) is 0 Å². The van der Waals surface area contributed by atoms with Gasteiger partial charge in [-0.3, -0.25) is 4.90 Å². The molecular weight excluding hydrogens is 166 g/mol. The summed E-state index contributed by atoms with van der Waals surface area (Å²) in [6.07, 6.45) is 0.220. The van der Waals surface area contributed by atoms with Crippen LogP contribution in [0, 0.1) is 11.8 Å². The highest BCUT2D eigenvalue weighted by molar-refractivity contribution is 4.98. The normalized spacial score (nSPS) is 23.7. The number of hydrogen-bond donors (Lipinski definition) is 0. The van der Waals surface area contributed by atoms with Crippen molar-refractivity contribution in [3.8, 4) is 11.8 Å². The molecule has 0 aromatic carbocycles. The Morgan fingerprint density at radius 1 is 1.62 bits per heavy atom. The van der Waals surface area contributed by atoms with E-state index < -0.39 is 0 Å². The second-order valence-electron chi connectivity index (χ2n) is 3.11. The molecule has 0 radical (unpaired) electrons. The second-order valence-corrected chi connectivity index (χ2v) is 3.11. The first-order valence-electron chi connectivity index (χ1n) is 4.59. The second kappa shape index (κ2) is 5.98. The Hall–Kier alpha value is -0.560. The lowest BCUT2D eigenvalue weighted by atomic mass is 10.3. The van der Waals surface area contributed by atoms with E-state index in [1.807, 2.05) is 6.92 Å². The van der Waals surface area contributed by atoms with Gasteiger partial charge >= 0.3 is 0 Å². The number of nitrogens with zero attached hydrogens (tertiary/aromatic N) is 1. The van der Waals surface area contributed by atoms with Gasteiger partial charge in [-0.25, -0.2) is 0 Å². The van der Waals surface area contributed by atoms with Crippen molar-refractivity contribution in [2.45, 2.75) is 13.0 Å². The molecule has 1 atom stereocenters. The topological polar surface area (TPSA) is 21.7 Å². The Bertz CT molecular complexity index is 193. The lowest BCUT2D eigenvalue weighted by Gasteiger charge is -2.31. The molecule has 0 saturated carbocycles. The molecular formula is C10H17NO2. The van der Waals surface area contributed by atoms with Crippen LogP contribution in [0.25, 0.3) is 0 Å². The number of morpholine rings is 1. The molecule has 0 aliphatic carbocycles. The fraction of sp³-hybridized carbons (Fsp3) is 0.800. The molecule has 1 aliphatic rings. The third-order valence-electron chi connectivity index (χ3n) is 2.05. The van der Waals surface area contributed by atoms with E-state index in [2.05, 4.69) is 16.7 Å². The summed E-state index contributed by atoms with van der Waals surface area (Å²) in [5.41, 5.74) is 0. The third-order valence-corrected chi connectivity index (χ3v) is 2.05. The monoisotopic (exact) mass is 183 g/mol. The summed E-state index contributed by atoms with van der Waals surface area (Å²) >= 11 is 0. The van der Waals surface area contributed by atoms with Crippen LogP contribution >= 0.6 is 0 Å². The molecule has 74 valence electrons. The van der Waals surface area contributed by atoms with Gasteiger partial charge in [0.2, 0.25) is 0 Å². The van der Waals surface area contributed by atoms with E-state index in [0.717, 1.165) is 26.2 Å². The van der Waals surface area contributed by atoms with E-state index in [9.17, 15) is 0 Å². The minimum absolute atomic E-state index is 0.220. The van der Waals surface area contributed by atoms with Crippen LogP contribution in [0.4, 0.5) is 0 Å². The average molecular weight is 183 g/mol. The molecule has 0 spiro atoms. The molecule has 0 amide bonds. The Balaban J connectivity index is 2.27. The van der Waals surface area contributed by atoms with E-state index in [1.165, 1.54) is 0 Å². The highest BCUT2D eigenvalue weighted by Crippen LogP contribution is 2.04. The van der Waals surface area contributed by atoms with Gasteiger partial charge < -0.3 is 9.47 Å². The fourth-order valence-electron chi connectivity index (χ4n) is 1.40. The maximum absolute atomic E-state index is 5.51. The number of rotatable bonds is 3. The zero-order valence-corrected chi connectivity index (χ0v) is 8.38. The maximum atomic E-state index is 5.51. The third kappa shape index (κ3) is 3.77.